The average Bonchev–Trinajstić information content (AvgIpc) is 2.49. The number of hydrogen-bond donors (Lipinski definition) is 0. The first-order valence-electron chi connectivity index (χ1n) is 6.66. The van der Waals surface area contributed by atoms with Gasteiger partial charge >= 0.3 is 0 Å². The van der Waals surface area contributed by atoms with E-state index in [0.717, 1.165) is 27.6 Å². The molecule has 0 saturated carbocycles. The number of benzene rings is 2. The van der Waals surface area contributed by atoms with E-state index in [-0.39, 0.29) is 5.78 Å². The third kappa shape index (κ3) is 2.45. The van der Waals surface area contributed by atoms with Crippen LogP contribution in [0.1, 0.15) is 21.5 Å². The molecule has 0 spiro atoms. The van der Waals surface area contributed by atoms with Crippen LogP contribution in [0.15, 0.2) is 60.8 Å². The van der Waals surface area contributed by atoms with E-state index in [1.807, 2.05) is 61.5 Å². The zero-order valence-corrected chi connectivity index (χ0v) is 11.3. The van der Waals surface area contributed by atoms with Crippen LogP contribution in [-0.4, -0.2) is 10.8 Å². The molecule has 0 atom stereocenters. The Morgan fingerprint density at radius 3 is 2.75 bits per heavy atom. The zero-order valence-electron chi connectivity index (χ0n) is 11.3. The molecule has 0 aliphatic rings. The fraction of sp³-hybridized carbons (Fsp3) is 0.111. The molecular weight excluding hydrogens is 246 g/mol. The summed E-state index contributed by atoms with van der Waals surface area (Å²) in [6, 6.07) is 17.6. The Kier molecular flexibility index (Phi) is 3.30. The molecule has 0 fully saturated rings. The van der Waals surface area contributed by atoms with E-state index < -0.39 is 0 Å². The highest BCUT2D eigenvalue weighted by Crippen LogP contribution is 2.16. The number of ketones is 1. The summed E-state index contributed by atoms with van der Waals surface area (Å²) in [4.78, 5) is 16.7. The summed E-state index contributed by atoms with van der Waals surface area (Å²) in [5, 5.41) is 1.00. The lowest BCUT2D eigenvalue weighted by atomic mass is 9.98. The lowest BCUT2D eigenvalue weighted by molar-refractivity contribution is 0.0993. The predicted octanol–water partition coefficient (Wildman–Crippen LogP) is 3.97. The molecule has 0 bridgehead atoms. The van der Waals surface area contributed by atoms with E-state index in [2.05, 4.69) is 4.98 Å². The number of pyridine rings is 1. The number of aryl methyl sites for hydroxylation is 1. The molecule has 0 saturated heterocycles. The second kappa shape index (κ2) is 5.25. The quantitative estimate of drug-likeness (QED) is 0.668. The number of aromatic nitrogens is 1. The minimum Gasteiger partial charge on any atom is -0.294 e. The SMILES string of the molecule is Cc1ccccc1CC(=O)c1ccc2ncccc2c1. The van der Waals surface area contributed by atoms with Crippen molar-refractivity contribution in [1.29, 1.82) is 0 Å². The van der Waals surface area contributed by atoms with Crippen molar-refractivity contribution >= 4 is 16.7 Å². The normalized spacial score (nSPS) is 10.7. The van der Waals surface area contributed by atoms with Crippen molar-refractivity contribution in [3.05, 3.63) is 77.5 Å². The summed E-state index contributed by atoms with van der Waals surface area (Å²) in [5.41, 5.74) is 3.90. The van der Waals surface area contributed by atoms with Crippen LogP contribution < -0.4 is 0 Å². The van der Waals surface area contributed by atoms with E-state index in [1.165, 1.54) is 0 Å². The monoisotopic (exact) mass is 261 g/mol. The topological polar surface area (TPSA) is 30.0 Å². The lowest BCUT2D eigenvalue weighted by Crippen LogP contribution is -2.04. The van der Waals surface area contributed by atoms with Crippen LogP contribution in [0.3, 0.4) is 0 Å². The summed E-state index contributed by atoms with van der Waals surface area (Å²) in [5.74, 6) is 0.144. The van der Waals surface area contributed by atoms with Gasteiger partial charge < -0.3 is 0 Å². The molecule has 2 aromatic carbocycles. The molecule has 3 aromatic rings. The van der Waals surface area contributed by atoms with E-state index >= 15 is 0 Å². The summed E-state index contributed by atoms with van der Waals surface area (Å²) < 4.78 is 0. The first kappa shape index (κ1) is 12.5. The Morgan fingerprint density at radius 1 is 1.05 bits per heavy atom. The molecule has 2 heteroatoms. The Hall–Kier alpha value is -2.48. The van der Waals surface area contributed by atoms with Crippen LogP contribution in [0.25, 0.3) is 10.9 Å². The van der Waals surface area contributed by atoms with Gasteiger partial charge in [0.2, 0.25) is 0 Å². The van der Waals surface area contributed by atoms with Gasteiger partial charge in [0.25, 0.3) is 0 Å². The van der Waals surface area contributed by atoms with Gasteiger partial charge in [0.15, 0.2) is 5.78 Å². The van der Waals surface area contributed by atoms with Gasteiger partial charge in [0.1, 0.15) is 0 Å². The second-order valence-corrected chi connectivity index (χ2v) is 4.94. The van der Waals surface area contributed by atoms with E-state index in [0.29, 0.717) is 6.42 Å². The standard InChI is InChI=1S/C18H15NO/c1-13-5-2-3-6-14(13)12-18(20)16-8-9-17-15(11-16)7-4-10-19-17/h2-11H,12H2,1H3. The van der Waals surface area contributed by atoms with Crippen LogP contribution in [0.2, 0.25) is 0 Å². The van der Waals surface area contributed by atoms with Crippen molar-refractivity contribution in [2.24, 2.45) is 0 Å². The second-order valence-electron chi connectivity index (χ2n) is 4.94. The number of carbonyl (C=O) groups excluding carboxylic acids is 1. The largest absolute Gasteiger partial charge is 0.294 e. The van der Waals surface area contributed by atoms with Gasteiger partial charge in [-0.25, -0.2) is 0 Å². The lowest BCUT2D eigenvalue weighted by Gasteiger charge is -2.06. The smallest absolute Gasteiger partial charge is 0.167 e. The predicted molar refractivity (Wildman–Crippen MR) is 81.0 cm³/mol. The number of hydrogen-bond acceptors (Lipinski definition) is 2. The highest BCUT2D eigenvalue weighted by molar-refractivity contribution is 6.00. The molecule has 1 heterocycles. The molecule has 20 heavy (non-hydrogen) atoms. The highest BCUT2D eigenvalue weighted by atomic mass is 16.1. The number of fused-ring (bicyclic) bond motifs is 1. The molecular formula is C18H15NO. The zero-order chi connectivity index (χ0) is 13.9. The number of nitrogens with zero attached hydrogens (tertiary/aromatic N) is 1. The minimum atomic E-state index is 0.144. The minimum absolute atomic E-state index is 0.144. The first-order valence-corrected chi connectivity index (χ1v) is 6.66. The first-order chi connectivity index (χ1) is 9.74. The van der Waals surface area contributed by atoms with Crippen molar-refractivity contribution in [1.82, 2.24) is 4.98 Å². The van der Waals surface area contributed by atoms with Crippen LogP contribution in [0, 0.1) is 6.92 Å². The third-order valence-electron chi connectivity index (χ3n) is 3.54. The van der Waals surface area contributed by atoms with E-state index in [4.69, 9.17) is 0 Å². The third-order valence-corrected chi connectivity index (χ3v) is 3.54. The van der Waals surface area contributed by atoms with Crippen LogP contribution in [0.4, 0.5) is 0 Å². The van der Waals surface area contributed by atoms with E-state index in [9.17, 15) is 4.79 Å². The number of Topliss-reactive ketones (excluding diaryl/α,β-unsaturated/α-hetero) is 1. The van der Waals surface area contributed by atoms with E-state index in [1.54, 1.807) is 6.20 Å². The molecule has 0 radical (unpaired) electrons. The Morgan fingerprint density at radius 2 is 1.90 bits per heavy atom. The van der Waals surface area contributed by atoms with Gasteiger partial charge in [-0.2, -0.15) is 0 Å². The van der Waals surface area contributed by atoms with Crippen molar-refractivity contribution in [2.45, 2.75) is 13.3 Å². The van der Waals surface area contributed by atoms with Gasteiger partial charge in [-0.3, -0.25) is 9.78 Å². The molecule has 0 amide bonds. The molecule has 0 N–H and O–H groups in total. The summed E-state index contributed by atoms with van der Waals surface area (Å²) in [7, 11) is 0. The maximum atomic E-state index is 12.4. The molecule has 3 rings (SSSR count). The Labute approximate surface area is 118 Å². The Bertz CT molecular complexity index is 777. The average molecular weight is 261 g/mol. The van der Waals surface area contributed by atoms with Gasteiger partial charge in [0.05, 0.1) is 5.52 Å². The summed E-state index contributed by atoms with van der Waals surface area (Å²) >= 11 is 0. The van der Waals surface area contributed by atoms with Crippen LogP contribution in [-0.2, 0) is 6.42 Å². The van der Waals surface area contributed by atoms with Gasteiger partial charge in [-0.15, -0.1) is 0 Å². The summed E-state index contributed by atoms with van der Waals surface area (Å²) in [6.07, 6.45) is 2.20. The van der Waals surface area contributed by atoms with Crippen molar-refractivity contribution in [3.63, 3.8) is 0 Å². The van der Waals surface area contributed by atoms with Gasteiger partial charge in [-0.1, -0.05) is 30.3 Å². The van der Waals surface area contributed by atoms with Crippen molar-refractivity contribution < 1.29 is 4.79 Å². The Balaban J connectivity index is 1.91. The molecule has 1 aromatic heterocycles. The molecule has 0 aliphatic carbocycles. The van der Waals surface area contributed by atoms with Gasteiger partial charge in [0, 0.05) is 23.6 Å². The molecule has 0 unspecified atom stereocenters. The van der Waals surface area contributed by atoms with Crippen molar-refractivity contribution in [3.8, 4) is 0 Å². The maximum Gasteiger partial charge on any atom is 0.167 e. The fourth-order valence-electron chi connectivity index (χ4n) is 2.33. The fourth-order valence-corrected chi connectivity index (χ4v) is 2.33. The van der Waals surface area contributed by atoms with Crippen molar-refractivity contribution in [2.75, 3.05) is 0 Å². The van der Waals surface area contributed by atoms with Crippen LogP contribution >= 0.6 is 0 Å². The van der Waals surface area contributed by atoms with Gasteiger partial charge in [-0.05, 0) is 42.3 Å². The molecule has 98 valence electrons. The summed E-state index contributed by atoms with van der Waals surface area (Å²) in [6.45, 7) is 2.03. The van der Waals surface area contributed by atoms with Crippen LogP contribution in [0.5, 0.6) is 0 Å². The number of carbonyl (C=O) groups is 1. The number of rotatable bonds is 3. The highest BCUT2D eigenvalue weighted by Gasteiger charge is 2.09. The molecule has 0 aliphatic heterocycles. The maximum absolute atomic E-state index is 12.4. The molecule has 2 nitrogen and oxygen atoms in total.